The van der Waals surface area contributed by atoms with Crippen LogP contribution in [0.1, 0.15) is 33.2 Å². The second-order valence-corrected chi connectivity index (χ2v) is 9.78. The summed E-state index contributed by atoms with van der Waals surface area (Å²) in [6, 6.07) is 9.62. The SMILES string of the molecule is COc1ccc(-c2nc3c(C(=O)N4CCN([C@H](CO)c5ccc(Cl)nc5)CC4)cnn3c(C(F)(F)F)c2C)cc1. The molecule has 1 fully saturated rings. The van der Waals surface area contributed by atoms with Gasteiger partial charge in [-0.15, -0.1) is 0 Å². The van der Waals surface area contributed by atoms with Crippen LogP contribution < -0.4 is 4.74 Å². The molecule has 9 nitrogen and oxygen atoms in total. The van der Waals surface area contributed by atoms with Crippen LogP contribution in [0.25, 0.3) is 16.9 Å². The average molecular weight is 575 g/mol. The molecule has 5 rings (SSSR count). The maximum absolute atomic E-state index is 14.2. The normalized spacial score (nSPS) is 15.4. The number of aliphatic hydroxyl groups is 1. The van der Waals surface area contributed by atoms with Crippen molar-refractivity contribution >= 4 is 23.2 Å². The maximum Gasteiger partial charge on any atom is 0.433 e. The molecule has 13 heteroatoms. The number of methoxy groups -OCH3 is 1. The zero-order chi connectivity index (χ0) is 28.6. The van der Waals surface area contributed by atoms with Crippen LogP contribution in [0.2, 0.25) is 5.15 Å². The van der Waals surface area contributed by atoms with Crippen LogP contribution in [0.4, 0.5) is 13.2 Å². The number of piperazine rings is 1. The van der Waals surface area contributed by atoms with E-state index in [0.29, 0.717) is 47.2 Å². The Labute approximate surface area is 232 Å². The summed E-state index contributed by atoms with van der Waals surface area (Å²) in [7, 11) is 1.50. The summed E-state index contributed by atoms with van der Waals surface area (Å²) < 4.78 is 48.5. The Kier molecular flexibility index (Phi) is 7.67. The average Bonchev–Trinajstić information content (AvgIpc) is 3.36. The molecule has 0 unspecified atom stereocenters. The first-order chi connectivity index (χ1) is 19.1. The molecule has 210 valence electrons. The van der Waals surface area contributed by atoms with E-state index in [1.165, 1.54) is 14.0 Å². The van der Waals surface area contributed by atoms with E-state index in [4.69, 9.17) is 16.3 Å². The number of fused-ring (bicyclic) bond motifs is 1. The van der Waals surface area contributed by atoms with Crippen LogP contribution in [0.5, 0.6) is 5.75 Å². The minimum atomic E-state index is -4.74. The molecule has 1 amide bonds. The smallest absolute Gasteiger partial charge is 0.433 e. The molecule has 0 bridgehead atoms. The van der Waals surface area contributed by atoms with Gasteiger partial charge in [0.15, 0.2) is 11.3 Å². The van der Waals surface area contributed by atoms with Crippen molar-refractivity contribution in [1.82, 2.24) is 29.4 Å². The monoisotopic (exact) mass is 574 g/mol. The van der Waals surface area contributed by atoms with Gasteiger partial charge >= 0.3 is 6.18 Å². The zero-order valence-electron chi connectivity index (χ0n) is 21.7. The molecule has 1 atom stereocenters. The first-order valence-corrected chi connectivity index (χ1v) is 12.9. The number of carbonyl (C=O) groups is 1. The number of amides is 1. The third-order valence-electron chi connectivity index (χ3n) is 7.10. The van der Waals surface area contributed by atoms with Crippen molar-refractivity contribution in [3.63, 3.8) is 0 Å². The van der Waals surface area contributed by atoms with E-state index in [-0.39, 0.29) is 35.1 Å². The Morgan fingerprint density at radius 1 is 1.10 bits per heavy atom. The lowest BCUT2D eigenvalue weighted by Crippen LogP contribution is -2.50. The van der Waals surface area contributed by atoms with E-state index in [9.17, 15) is 23.1 Å². The van der Waals surface area contributed by atoms with Crippen LogP contribution in [-0.2, 0) is 6.18 Å². The van der Waals surface area contributed by atoms with Gasteiger partial charge < -0.3 is 14.7 Å². The number of nitrogens with zero attached hydrogens (tertiary/aromatic N) is 6. The summed E-state index contributed by atoms with van der Waals surface area (Å²) in [4.78, 5) is 25.7. The topological polar surface area (TPSA) is 96.1 Å². The van der Waals surface area contributed by atoms with Crippen molar-refractivity contribution in [3.8, 4) is 17.0 Å². The van der Waals surface area contributed by atoms with Gasteiger partial charge in [-0.3, -0.25) is 9.69 Å². The molecule has 0 spiro atoms. The molecule has 1 N–H and O–H groups in total. The van der Waals surface area contributed by atoms with E-state index in [0.717, 1.165) is 11.8 Å². The summed E-state index contributed by atoms with van der Waals surface area (Å²) in [5.41, 5.74) is 0.0585. The highest BCUT2D eigenvalue weighted by Crippen LogP contribution is 2.37. The number of rotatable bonds is 6. The summed E-state index contributed by atoms with van der Waals surface area (Å²) >= 11 is 5.88. The summed E-state index contributed by atoms with van der Waals surface area (Å²) in [6.45, 7) is 2.68. The number of hydrogen-bond acceptors (Lipinski definition) is 7. The summed E-state index contributed by atoms with van der Waals surface area (Å²) in [5, 5.41) is 14.3. The molecule has 1 saturated heterocycles. The molecule has 0 saturated carbocycles. The molecule has 1 aromatic carbocycles. The number of alkyl halides is 3. The van der Waals surface area contributed by atoms with Crippen LogP contribution in [0, 0.1) is 6.92 Å². The van der Waals surface area contributed by atoms with Crippen LogP contribution in [0.15, 0.2) is 48.8 Å². The lowest BCUT2D eigenvalue weighted by molar-refractivity contribution is -0.143. The second-order valence-electron chi connectivity index (χ2n) is 9.39. The van der Waals surface area contributed by atoms with E-state index in [2.05, 4.69) is 15.1 Å². The van der Waals surface area contributed by atoms with Gasteiger partial charge in [0.2, 0.25) is 0 Å². The fourth-order valence-corrected chi connectivity index (χ4v) is 5.12. The van der Waals surface area contributed by atoms with Crippen LogP contribution in [0.3, 0.4) is 0 Å². The third kappa shape index (κ3) is 5.21. The van der Waals surface area contributed by atoms with E-state index < -0.39 is 17.8 Å². The molecule has 4 heterocycles. The van der Waals surface area contributed by atoms with E-state index in [1.807, 2.05) is 4.90 Å². The van der Waals surface area contributed by atoms with Crippen molar-refractivity contribution < 1.29 is 27.8 Å². The third-order valence-corrected chi connectivity index (χ3v) is 7.32. The fourth-order valence-electron chi connectivity index (χ4n) is 5.01. The van der Waals surface area contributed by atoms with Crippen molar-refractivity contribution in [1.29, 1.82) is 0 Å². The first kappa shape index (κ1) is 27.8. The molecule has 0 aliphatic carbocycles. The van der Waals surface area contributed by atoms with Gasteiger partial charge in [-0.1, -0.05) is 17.7 Å². The highest BCUT2D eigenvalue weighted by Gasteiger charge is 2.39. The van der Waals surface area contributed by atoms with Gasteiger partial charge in [-0.05, 0) is 42.8 Å². The highest BCUT2D eigenvalue weighted by molar-refractivity contribution is 6.29. The quantitative estimate of drug-likeness (QED) is 0.344. The Morgan fingerprint density at radius 3 is 2.38 bits per heavy atom. The Morgan fingerprint density at radius 2 is 1.80 bits per heavy atom. The number of pyridine rings is 1. The zero-order valence-corrected chi connectivity index (χ0v) is 22.4. The highest BCUT2D eigenvalue weighted by atomic mass is 35.5. The molecular formula is C27H26ClF3N6O3. The van der Waals surface area contributed by atoms with Gasteiger partial charge in [0, 0.05) is 43.5 Å². The predicted octanol–water partition coefficient (Wildman–Crippen LogP) is 4.27. The lowest BCUT2D eigenvalue weighted by atomic mass is 10.0. The molecule has 1 aliphatic heterocycles. The van der Waals surface area contributed by atoms with Gasteiger partial charge in [-0.25, -0.2) is 14.5 Å². The number of benzene rings is 1. The Bertz CT molecular complexity index is 1520. The summed E-state index contributed by atoms with van der Waals surface area (Å²) in [6.07, 6.45) is -1.99. The molecule has 1 aliphatic rings. The molecule has 40 heavy (non-hydrogen) atoms. The second kappa shape index (κ2) is 11.0. The van der Waals surface area contributed by atoms with E-state index in [1.54, 1.807) is 47.5 Å². The Balaban J connectivity index is 1.45. The standard InChI is InChI=1S/C27H26ClF3N6O3/c1-16-23(17-3-6-19(40-2)7-4-17)34-25-20(14-33-37(25)24(16)27(29,30)31)26(39)36-11-9-35(10-12-36)21(15-38)18-5-8-22(28)32-13-18/h3-8,13-14,21,38H,9-12,15H2,1-2H3/t21-/m1/s1. The van der Waals surface area contributed by atoms with Crippen molar-refractivity contribution in [3.05, 3.63) is 76.3 Å². The van der Waals surface area contributed by atoms with Crippen LogP contribution in [-0.4, -0.2) is 80.3 Å². The van der Waals surface area contributed by atoms with Crippen molar-refractivity contribution in [2.45, 2.75) is 19.1 Å². The van der Waals surface area contributed by atoms with Gasteiger partial charge in [0.25, 0.3) is 5.91 Å². The molecule has 0 radical (unpaired) electrons. The maximum atomic E-state index is 14.2. The van der Waals surface area contributed by atoms with Gasteiger partial charge in [0.1, 0.15) is 16.5 Å². The van der Waals surface area contributed by atoms with Crippen molar-refractivity contribution in [2.75, 3.05) is 39.9 Å². The predicted molar refractivity (Wildman–Crippen MR) is 141 cm³/mol. The lowest BCUT2D eigenvalue weighted by Gasteiger charge is -2.38. The molecular weight excluding hydrogens is 549 g/mol. The number of aromatic nitrogens is 4. The number of carbonyl (C=O) groups excluding carboxylic acids is 1. The number of halogens is 4. The van der Waals surface area contributed by atoms with Gasteiger partial charge in [0.05, 0.1) is 31.6 Å². The largest absolute Gasteiger partial charge is 0.497 e. The van der Waals surface area contributed by atoms with Crippen LogP contribution >= 0.6 is 11.6 Å². The Hall–Kier alpha value is -3.74. The minimum Gasteiger partial charge on any atom is -0.497 e. The van der Waals surface area contributed by atoms with Gasteiger partial charge in [-0.2, -0.15) is 18.3 Å². The molecule has 3 aromatic heterocycles. The first-order valence-electron chi connectivity index (χ1n) is 12.5. The van der Waals surface area contributed by atoms with E-state index >= 15 is 0 Å². The molecule has 4 aromatic rings. The summed E-state index contributed by atoms with van der Waals surface area (Å²) in [5.74, 6) is 0.0853. The number of ether oxygens (including phenoxy) is 1. The fraction of sp³-hybridized carbons (Fsp3) is 0.333. The number of aliphatic hydroxyl groups excluding tert-OH is 1. The minimum absolute atomic E-state index is 0.0191. The number of hydrogen-bond donors (Lipinski definition) is 1. The van der Waals surface area contributed by atoms with Crippen molar-refractivity contribution in [2.24, 2.45) is 0 Å².